The summed E-state index contributed by atoms with van der Waals surface area (Å²) in [5.41, 5.74) is 0. The molecular weight excluding hydrogens is 424 g/mol. The standard InChI is InChI=1S/C25H44N2O2S2/c1-6-7-17-24-23(30-21-12-15(28-4)9-11-19(21)27(24)3)14-20-25(17)31-22-13-16(29-5)8-10-18(22)26(20)2/h15-25H,6-14H2,1-5H3. The van der Waals surface area contributed by atoms with Gasteiger partial charge in [-0.2, -0.15) is 23.5 Å². The van der Waals surface area contributed by atoms with Crippen LogP contribution in [0.2, 0.25) is 0 Å². The molecule has 0 spiro atoms. The van der Waals surface area contributed by atoms with Gasteiger partial charge >= 0.3 is 0 Å². The number of nitrogens with zero attached hydrogens (tertiary/aromatic N) is 2. The summed E-state index contributed by atoms with van der Waals surface area (Å²) in [5.74, 6) is 0.823. The number of thioether (sulfide) groups is 2. The second-order valence-corrected chi connectivity index (χ2v) is 13.8. The first kappa shape index (κ1) is 23.3. The van der Waals surface area contributed by atoms with Gasteiger partial charge in [0.15, 0.2) is 0 Å². The van der Waals surface area contributed by atoms with E-state index in [0.29, 0.717) is 12.2 Å². The van der Waals surface area contributed by atoms with Crippen LogP contribution in [0, 0.1) is 5.92 Å². The van der Waals surface area contributed by atoms with E-state index in [1.807, 2.05) is 14.2 Å². The second kappa shape index (κ2) is 9.65. The normalized spacial score (nSPS) is 50.8. The molecule has 0 N–H and O–H groups in total. The molecule has 178 valence electrons. The van der Waals surface area contributed by atoms with E-state index in [4.69, 9.17) is 9.47 Å². The highest BCUT2D eigenvalue weighted by Crippen LogP contribution is 2.55. The molecule has 0 aromatic carbocycles. The van der Waals surface area contributed by atoms with Crippen LogP contribution in [0.1, 0.15) is 64.7 Å². The van der Waals surface area contributed by atoms with Crippen molar-refractivity contribution in [1.82, 2.24) is 9.80 Å². The topological polar surface area (TPSA) is 24.9 Å². The Morgan fingerprint density at radius 2 is 1.35 bits per heavy atom. The molecule has 0 aromatic heterocycles. The Hall–Kier alpha value is 0.540. The minimum Gasteiger partial charge on any atom is -0.381 e. The smallest absolute Gasteiger partial charge is 0.0583 e. The van der Waals surface area contributed by atoms with Crippen LogP contribution in [-0.4, -0.2) is 95.5 Å². The molecule has 2 heterocycles. The lowest BCUT2D eigenvalue weighted by atomic mass is 9.74. The molecule has 11 unspecified atom stereocenters. The minimum atomic E-state index is 0.476. The van der Waals surface area contributed by atoms with E-state index in [-0.39, 0.29) is 0 Å². The zero-order valence-corrected chi connectivity index (χ0v) is 21.9. The van der Waals surface area contributed by atoms with Crippen molar-refractivity contribution in [2.24, 2.45) is 5.92 Å². The van der Waals surface area contributed by atoms with Crippen LogP contribution in [-0.2, 0) is 9.47 Å². The zero-order valence-electron chi connectivity index (χ0n) is 20.2. The van der Waals surface area contributed by atoms with E-state index in [9.17, 15) is 0 Å². The summed E-state index contributed by atoms with van der Waals surface area (Å²) in [6.07, 6.45) is 12.6. The number of methoxy groups -OCH3 is 2. The van der Waals surface area contributed by atoms with Gasteiger partial charge in [0.1, 0.15) is 0 Å². The van der Waals surface area contributed by atoms with Crippen molar-refractivity contribution in [2.75, 3.05) is 28.3 Å². The molecule has 5 rings (SSSR count). The number of hydrogen-bond donors (Lipinski definition) is 0. The molecule has 2 aliphatic heterocycles. The van der Waals surface area contributed by atoms with Crippen molar-refractivity contribution in [3.63, 3.8) is 0 Å². The van der Waals surface area contributed by atoms with Crippen LogP contribution < -0.4 is 0 Å². The Morgan fingerprint density at radius 1 is 0.742 bits per heavy atom. The van der Waals surface area contributed by atoms with Crippen LogP contribution in [0.4, 0.5) is 0 Å². The fraction of sp³-hybridized carbons (Fsp3) is 1.00. The van der Waals surface area contributed by atoms with E-state index >= 15 is 0 Å². The molecule has 6 heteroatoms. The summed E-state index contributed by atoms with van der Waals surface area (Å²) >= 11 is 4.75. The van der Waals surface area contributed by atoms with E-state index < -0.39 is 0 Å². The lowest BCUT2D eigenvalue weighted by Gasteiger charge is -2.62. The number of rotatable bonds is 4. The van der Waals surface area contributed by atoms with Gasteiger partial charge in [-0.15, -0.1) is 0 Å². The molecule has 3 saturated carbocycles. The summed E-state index contributed by atoms with van der Waals surface area (Å²) in [7, 11) is 8.77. The highest BCUT2D eigenvalue weighted by molar-refractivity contribution is 8.01. The number of ether oxygens (including phenoxy) is 2. The molecule has 11 atom stereocenters. The van der Waals surface area contributed by atoms with Gasteiger partial charge in [-0.3, -0.25) is 9.80 Å². The molecule has 3 aliphatic carbocycles. The monoisotopic (exact) mass is 468 g/mol. The third kappa shape index (κ3) is 4.14. The maximum absolute atomic E-state index is 5.81. The molecule has 2 saturated heterocycles. The first-order valence-electron chi connectivity index (χ1n) is 12.9. The largest absolute Gasteiger partial charge is 0.381 e. The molecule has 4 nitrogen and oxygen atoms in total. The Kier molecular flexibility index (Phi) is 7.25. The van der Waals surface area contributed by atoms with Crippen LogP contribution in [0.3, 0.4) is 0 Å². The Bertz CT molecular complexity index is 624. The van der Waals surface area contributed by atoms with Crippen LogP contribution >= 0.6 is 23.5 Å². The van der Waals surface area contributed by atoms with Gasteiger partial charge in [0.2, 0.25) is 0 Å². The number of hydrogen-bond acceptors (Lipinski definition) is 6. The molecule has 0 aromatic rings. The summed E-state index contributed by atoms with van der Waals surface area (Å²) in [6.45, 7) is 2.41. The third-order valence-corrected chi connectivity index (χ3v) is 13.0. The van der Waals surface area contributed by atoms with Gasteiger partial charge in [-0.05, 0) is 71.4 Å². The Balaban J connectivity index is 1.40. The lowest BCUT2D eigenvalue weighted by molar-refractivity contribution is -0.0112. The quantitative estimate of drug-likeness (QED) is 0.602. The van der Waals surface area contributed by atoms with Gasteiger partial charge in [0.25, 0.3) is 0 Å². The average Bonchev–Trinajstić information content (AvgIpc) is 2.79. The van der Waals surface area contributed by atoms with Crippen molar-refractivity contribution in [3.05, 3.63) is 0 Å². The molecule has 5 aliphatic rings. The maximum Gasteiger partial charge on any atom is 0.0583 e. The Morgan fingerprint density at radius 3 is 1.97 bits per heavy atom. The SMILES string of the molecule is CCCC1C2SC3CC(OC)CCC3N(C)C2CC2SC3CC(OC)CCC3N(C)C21. The van der Waals surface area contributed by atoms with E-state index in [1.54, 1.807) is 0 Å². The summed E-state index contributed by atoms with van der Waals surface area (Å²) in [6, 6.07) is 3.01. The predicted octanol–water partition coefficient (Wildman–Crippen LogP) is 4.51. The molecular formula is C25H44N2O2S2. The zero-order chi connectivity index (χ0) is 21.7. The maximum atomic E-state index is 5.81. The van der Waals surface area contributed by atoms with Crippen LogP contribution in [0.25, 0.3) is 0 Å². The molecule has 0 bridgehead atoms. The lowest BCUT2D eigenvalue weighted by Crippen LogP contribution is -2.69. The fourth-order valence-corrected chi connectivity index (χ4v) is 12.3. The van der Waals surface area contributed by atoms with Crippen LogP contribution in [0.15, 0.2) is 0 Å². The molecule has 5 fully saturated rings. The van der Waals surface area contributed by atoms with Gasteiger partial charge in [-0.1, -0.05) is 13.3 Å². The van der Waals surface area contributed by atoms with E-state index in [1.165, 1.54) is 57.8 Å². The molecule has 0 radical (unpaired) electrons. The minimum absolute atomic E-state index is 0.476. The van der Waals surface area contributed by atoms with Crippen molar-refractivity contribution in [2.45, 2.75) is 122 Å². The summed E-state index contributed by atoms with van der Waals surface area (Å²) in [4.78, 5) is 5.72. The van der Waals surface area contributed by atoms with Crippen LogP contribution in [0.5, 0.6) is 0 Å². The molecule has 31 heavy (non-hydrogen) atoms. The summed E-state index contributed by atoms with van der Waals surface area (Å²) < 4.78 is 11.6. The van der Waals surface area contributed by atoms with Gasteiger partial charge < -0.3 is 9.47 Å². The predicted molar refractivity (Wildman–Crippen MR) is 133 cm³/mol. The van der Waals surface area contributed by atoms with E-state index in [0.717, 1.165) is 51.1 Å². The first-order valence-corrected chi connectivity index (χ1v) is 14.7. The van der Waals surface area contributed by atoms with Gasteiger partial charge in [0, 0.05) is 59.4 Å². The highest BCUT2D eigenvalue weighted by atomic mass is 32.2. The van der Waals surface area contributed by atoms with Gasteiger partial charge in [0.05, 0.1) is 12.2 Å². The van der Waals surface area contributed by atoms with Crippen molar-refractivity contribution in [3.8, 4) is 0 Å². The molecule has 0 amide bonds. The van der Waals surface area contributed by atoms with Gasteiger partial charge in [-0.25, -0.2) is 0 Å². The van der Waals surface area contributed by atoms with Crippen molar-refractivity contribution < 1.29 is 9.47 Å². The Labute approximate surface area is 198 Å². The van der Waals surface area contributed by atoms with E-state index in [2.05, 4.69) is 54.3 Å². The fourth-order valence-electron chi connectivity index (χ4n) is 7.92. The highest BCUT2D eigenvalue weighted by Gasteiger charge is 2.56. The first-order chi connectivity index (χ1) is 15.0. The average molecular weight is 469 g/mol. The van der Waals surface area contributed by atoms with Crippen molar-refractivity contribution >= 4 is 23.5 Å². The third-order valence-electron chi connectivity index (χ3n) is 9.52. The summed E-state index contributed by atoms with van der Waals surface area (Å²) in [5, 5.41) is 3.09. The second-order valence-electron chi connectivity index (χ2n) is 10.9. The number of fused-ring (bicyclic) bond motifs is 4. The van der Waals surface area contributed by atoms with Crippen molar-refractivity contribution in [1.29, 1.82) is 0 Å².